The van der Waals surface area contributed by atoms with Crippen LogP contribution in [0.25, 0.3) is 22.6 Å². The van der Waals surface area contributed by atoms with Gasteiger partial charge in [-0.3, -0.25) is 0 Å². The van der Waals surface area contributed by atoms with Crippen molar-refractivity contribution in [1.82, 2.24) is 24.8 Å². The molecule has 0 aliphatic carbocycles. The predicted octanol–water partition coefficient (Wildman–Crippen LogP) is 5.80. The Labute approximate surface area is 200 Å². The van der Waals surface area contributed by atoms with Gasteiger partial charge < -0.3 is 14.6 Å². The normalized spacial score (nSPS) is 14.3. The van der Waals surface area contributed by atoms with Gasteiger partial charge in [-0.1, -0.05) is 6.07 Å². The van der Waals surface area contributed by atoms with Crippen molar-refractivity contribution in [3.63, 3.8) is 0 Å². The van der Waals surface area contributed by atoms with E-state index in [-0.39, 0.29) is 29.0 Å². The highest BCUT2D eigenvalue weighted by atomic mass is 19.1. The third-order valence-electron chi connectivity index (χ3n) is 6.16. The lowest BCUT2D eigenvalue weighted by Gasteiger charge is -2.25. The van der Waals surface area contributed by atoms with Gasteiger partial charge in [-0.25, -0.2) is 23.1 Å². The SMILES string of the molecule is FCc1ccc(Oc2nccc(-c3c(-c4ccc(F)cc4)ncn3C3CCNCC3)n2)cc1CF. The molecule has 1 saturated heterocycles. The third-order valence-corrected chi connectivity index (χ3v) is 6.16. The maximum atomic E-state index is 13.6. The summed E-state index contributed by atoms with van der Waals surface area (Å²) >= 11 is 0. The monoisotopic (exact) mass is 479 g/mol. The van der Waals surface area contributed by atoms with Crippen molar-refractivity contribution in [1.29, 1.82) is 0 Å². The van der Waals surface area contributed by atoms with Crippen molar-refractivity contribution in [2.24, 2.45) is 0 Å². The molecule has 3 heterocycles. The average Bonchev–Trinajstić information content (AvgIpc) is 3.35. The number of benzene rings is 2. The second kappa shape index (κ2) is 10.3. The highest BCUT2D eigenvalue weighted by molar-refractivity contribution is 5.77. The van der Waals surface area contributed by atoms with E-state index in [0.29, 0.717) is 17.1 Å². The quantitative estimate of drug-likeness (QED) is 0.363. The number of hydrogen-bond acceptors (Lipinski definition) is 5. The molecule has 5 rings (SSSR count). The Morgan fingerprint density at radius 1 is 0.943 bits per heavy atom. The van der Waals surface area contributed by atoms with Gasteiger partial charge in [0.05, 0.1) is 23.4 Å². The number of ether oxygens (including phenoxy) is 1. The Balaban J connectivity index is 1.54. The summed E-state index contributed by atoms with van der Waals surface area (Å²) in [5.41, 5.74) is 3.34. The second-order valence-corrected chi connectivity index (χ2v) is 8.36. The topological polar surface area (TPSA) is 64.9 Å². The zero-order chi connectivity index (χ0) is 24.2. The molecular weight excluding hydrogens is 455 g/mol. The first kappa shape index (κ1) is 23.0. The minimum absolute atomic E-state index is 0.0726. The highest BCUT2D eigenvalue weighted by Crippen LogP contribution is 2.35. The number of halogens is 3. The van der Waals surface area contributed by atoms with Crippen molar-refractivity contribution in [3.8, 4) is 34.4 Å². The smallest absolute Gasteiger partial charge is 0.322 e. The van der Waals surface area contributed by atoms with Crippen molar-refractivity contribution in [2.45, 2.75) is 32.2 Å². The molecule has 0 saturated carbocycles. The van der Waals surface area contributed by atoms with E-state index in [1.807, 2.05) is 0 Å². The molecule has 0 spiro atoms. The van der Waals surface area contributed by atoms with E-state index < -0.39 is 13.3 Å². The minimum atomic E-state index is -0.798. The number of nitrogens with one attached hydrogen (secondary N) is 1. The second-order valence-electron chi connectivity index (χ2n) is 8.36. The lowest BCUT2D eigenvalue weighted by molar-refractivity contribution is 0.370. The van der Waals surface area contributed by atoms with E-state index in [9.17, 15) is 13.2 Å². The van der Waals surface area contributed by atoms with Gasteiger partial charge in [0.15, 0.2) is 0 Å². The molecule has 4 aromatic rings. The Hall–Kier alpha value is -3.72. The van der Waals surface area contributed by atoms with Crippen LogP contribution in [0.2, 0.25) is 0 Å². The summed E-state index contributed by atoms with van der Waals surface area (Å²) in [4.78, 5) is 13.5. The number of rotatable bonds is 7. The first-order valence-corrected chi connectivity index (χ1v) is 11.4. The van der Waals surface area contributed by atoms with E-state index in [2.05, 4.69) is 24.8 Å². The van der Waals surface area contributed by atoms with Crippen LogP contribution in [-0.2, 0) is 13.3 Å². The van der Waals surface area contributed by atoms with E-state index >= 15 is 0 Å². The maximum absolute atomic E-state index is 13.6. The standard InChI is InChI=1S/C26H24F3N5O/c27-14-18-3-6-22(13-19(18)15-28)35-26-31-12-9-23(33-26)25-24(17-1-4-20(29)5-2-17)32-16-34(25)21-7-10-30-11-8-21/h1-6,9,12-13,16,21,30H,7-8,10-11,14-15H2. The van der Waals surface area contributed by atoms with E-state index in [1.54, 1.807) is 36.8 Å². The Morgan fingerprint density at radius 3 is 2.46 bits per heavy atom. The van der Waals surface area contributed by atoms with Crippen molar-refractivity contribution < 1.29 is 17.9 Å². The van der Waals surface area contributed by atoms with Crippen molar-refractivity contribution in [3.05, 3.63) is 78.0 Å². The van der Waals surface area contributed by atoms with Gasteiger partial charge >= 0.3 is 6.01 Å². The molecule has 6 nitrogen and oxygen atoms in total. The van der Waals surface area contributed by atoms with Crippen LogP contribution in [0, 0.1) is 5.82 Å². The zero-order valence-corrected chi connectivity index (χ0v) is 18.9. The molecule has 0 atom stereocenters. The Morgan fingerprint density at radius 2 is 1.71 bits per heavy atom. The Kier molecular flexibility index (Phi) is 6.76. The number of hydrogen-bond donors (Lipinski definition) is 1. The molecule has 35 heavy (non-hydrogen) atoms. The minimum Gasteiger partial charge on any atom is -0.424 e. The molecule has 0 bridgehead atoms. The van der Waals surface area contributed by atoms with Crippen LogP contribution >= 0.6 is 0 Å². The molecule has 0 unspecified atom stereocenters. The number of nitrogens with zero attached hydrogens (tertiary/aromatic N) is 4. The molecule has 1 N–H and O–H groups in total. The van der Waals surface area contributed by atoms with Crippen molar-refractivity contribution >= 4 is 0 Å². The summed E-state index contributed by atoms with van der Waals surface area (Å²) < 4.78 is 47.9. The third kappa shape index (κ3) is 4.90. The maximum Gasteiger partial charge on any atom is 0.322 e. The number of alkyl halides is 2. The van der Waals surface area contributed by atoms with Crippen LogP contribution in [0.1, 0.15) is 30.0 Å². The van der Waals surface area contributed by atoms with Crippen LogP contribution in [0.4, 0.5) is 13.2 Å². The molecule has 9 heteroatoms. The molecule has 1 aliphatic heterocycles. The lowest BCUT2D eigenvalue weighted by atomic mass is 10.0. The van der Waals surface area contributed by atoms with Gasteiger partial charge in [-0.15, -0.1) is 0 Å². The van der Waals surface area contributed by atoms with E-state index in [1.165, 1.54) is 24.3 Å². The molecule has 0 radical (unpaired) electrons. The fraction of sp³-hybridized carbons (Fsp3) is 0.269. The first-order chi connectivity index (χ1) is 17.2. The lowest BCUT2D eigenvalue weighted by Crippen LogP contribution is -2.29. The van der Waals surface area contributed by atoms with Crippen LogP contribution < -0.4 is 10.1 Å². The molecule has 180 valence electrons. The van der Waals surface area contributed by atoms with Gasteiger partial charge in [-0.2, -0.15) is 4.98 Å². The summed E-state index contributed by atoms with van der Waals surface area (Å²) in [5.74, 6) is -0.00476. The van der Waals surface area contributed by atoms with Crippen molar-refractivity contribution in [2.75, 3.05) is 13.1 Å². The van der Waals surface area contributed by atoms with E-state index in [0.717, 1.165) is 37.2 Å². The molecule has 2 aromatic carbocycles. The fourth-order valence-electron chi connectivity index (χ4n) is 4.34. The van der Waals surface area contributed by atoms with Crippen LogP contribution in [0.5, 0.6) is 11.8 Å². The highest BCUT2D eigenvalue weighted by Gasteiger charge is 2.23. The van der Waals surface area contributed by atoms with Crippen LogP contribution in [0.3, 0.4) is 0 Å². The number of imidazole rings is 1. The average molecular weight is 480 g/mol. The molecule has 2 aromatic heterocycles. The van der Waals surface area contributed by atoms with Gasteiger partial charge in [0.25, 0.3) is 0 Å². The van der Waals surface area contributed by atoms with Gasteiger partial charge in [-0.05, 0) is 79.5 Å². The predicted molar refractivity (Wildman–Crippen MR) is 126 cm³/mol. The van der Waals surface area contributed by atoms with Crippen LogP contribution in [-0.4, -0.2) is 32.6 Å². The molecule has 1 aliphatic rings. The molecule has 0 amide bonds. The summed E-state index contributed by atoms with van der Waals surface area (Å²) in [6.45, 7) is 0.252. The zero-order valence-electron chi connectivity index (χ0n) is 18.9. The summed E-state index contributed by atoms with van der Waals surface area (Å²) in [6.07, 6.45) is 5.26. The Bertz CT molecular complexity index is 1300. The number of piperidine rings is 1. The van der Waals surface area contributed by atoms with Gasteiger partial charge in [0, 0.05) is 17.8 Å². The van der Waals surface area contributed by atoms with E-state index in [4.69, 9.17) is 4.74 Å². The van der Waals surface area contributed by atoms with Crippen LogP contribution in [0.15, 0.2) is 61.1 Å². The summed E-state index contributed by atoms with van der Waals surface area (Å²) in [7, 11) is 0. The molecule has 1 fully saturated rings. The first-order valence-electron chi connectivity index (χ1n) is 11.4. The molecular formula is C26H24F3N5O. The summed E-state index contributed by atoms with van der Waals surface area (Å²) in [5, 5.41) is 3.37. The fourth-order valence-corrected chi connectivity index (χ4v) is 4.34. The number of aromatic nitrogens is 4. The largest absolute Gasteiger partial charge is 0.424 e. The summed E-state index contributed by atoms with van der Waals surface area (Å²) in [6, 6.07) is 12.8. The van der Waals surface area contributed by atoms with Gasteiger partial charge in [0.1, 0.15) is 24.9 Å². The van der Waals surface area contributed by atoms with Gasteiger partial charge in [0.2, 0.25) is 0 Å².